The average molecular weight is 343 g/mol. The summed E-state index contributed by atoms with van der Waals surface area (Å²) in [4.78, 5) is 12.9. The summed E-state index contributed by atoms with van der Waals surface area (Å²) in [5.74, 6) is 2.15. The molecular formula is C20H27N2O3+. The predicted molar refractivity (Wildman–Crippen MR) is 95.2 cm³/mol. The first-order valence-corrected chi connectivity index (χ1v) is 9.55. The molecule has 4 aliphatic carbocycles. The van der Waals surface area contributed by atoms with Crippen LogP contribution in [0.25, 0.3) is 0 Å². The minimum absolute atomic E-state index is 0.179. The molecule has 5 heteroatoms. The second-order valence-corrected chi connectivity index (χ2v) is 8.94. The van der Waals surface area contributed by atoms with E-state index in [0.29, 0.717) is 30.9 Å². The first-order valence-electron chi connectivity index (χ1n) is 9.55. The monoisotopic (exact) mass is 343 g/mol. The van der Waals surface area contributed by atoms with Gasteiger partial charge in [-0.3, -0.25) is 0 Å². The van der Waals surface area contributed by atoms with Gasteiger partial charge in [-0.05, 0) is 56.6 Å². The molecule has 0 aromatic heterocycles. The lowest BCUT2D eigenvalue weighted by Gasteiger charge is -2.61. The lowest BCUT2D eigenvalue weighted by atomic mass is 9.51. The Morgan fingerprint density at radius 2 is 2.00 bits per heavy atom. The maximum atomic E-state index is 12.9. The Labute approximate surface area is 148 Å². The van der Waals surface area contributed by atoms with E-state index in [0.717, 1.165) is 49.1 Å². The number of carbonyl (C=O) groups is 1. The average Bonchev–Trinajstić information content (AvgIpc) is 2.52. The smallest absolute Gasteiger partial charge is 0.419 e. The Kier molecular flexibility index (Phi) is 3.12. The van der Waals surface area contributed by atoms with E-state index in [2.05, 4.69) is 6.07 Å². The third-order valence-electron chi connectivity index (χ3n) is 7.34. The molecule has 3 unspecified atom stereocenters. The van der Waals surface area contributed by atoms with Crippen LogP contribution in [-0.4, -0.2) is 35.9 Å². The number of benzene rings is 1. The van der Waals surface area contributed by atoms with Crippen molar-refractivity contribution in [3.8, 4) is 5.75 Å². The number of fused-ring (bicyclic) bond motifs is 1. The molecule has 0 spiro atoms. The lowest BCUT2D eigenvalue weighted by molar-refractivity contribution is -0.153. The van der Waals surface area contributed by atoms with Crippen LogP contribution in [0, 0.1) is 24.7 Å². The van der Waals surface area contributed by atoms with Gasteiger partial charge in [0.2, 0.25) is 0 Å². The number of urea groups is 1. The van der Waals surface area contributed by atoms with Crippen molar-refractivity contribution in [3.05, 3.63) is 23.8 Å². The molecule has 134 valence electrons. The molecule has 0 saturated heterocycles. The van der Waals surface area contributed by atoms with E-state index in [1.165, 1.54) is 0 Å². The molecule has 0 radical (unpaired) electrons. The van der Waals surface area contributed by atoms with Crippen molar-refractivity contribution in [2.45, 2.75) is 50.7 Å². The van der Waals surface area contributed by atoms with Crippen molar-refractivity contribution in [3.63, 3.8) is 0 Å². The number of hydrogen-bond acceptors (Lipinski definition) is 3. The van der Waals surface area contributed by atoms with Crippen molar-refractivity contribution in [2.75, 3.05) is 13.2 Å². The zero-order valence-electron chi connectivity index (χ0n) is 14.8. The fraction of sp³-hybridized carbons (Fsp3) is 0.650. The standard InChI is InChI=1S/C20H26N2O3/c1-12-2-3-17-16(6-12)22(19(21)23,4-5-25-17)18-14-7-13-8-15(18)11-20(24,9-13)10-14/h2-3,6,13-15,18,24H,4-5,7-11H2,1H3,(H-,21,23)/p+1. The summed E-state index contributed by atoms with van der Waals surface area (Å²) in [5, 5.41) is 10.9. The summed E-state index contributed by atoms with van der Waals surface area (Å²) in [6.45, 7) is 3.17. The number of quaternary nitrogens is 1. The fourth-order valence-electron chi connectivity index (χ4n) is 6.84. The van der Waals surface area contributed by atoms with Gasteiger partial charge in [-0.15, -0.1) is 0 Å². The summed E-state index contributed by atoms with van der Waals surface area (Å²) < 4.78 is 6.09. The van der Waals surface area contributed by atoms with Crippen LogP contribution >= 0.6 is 0 Å². The number of nitrogens with two attached hydrogens (primary N) is 1. The zero-order valence-corrected chi connectivity index (χ0v) is 14.8. The molecule has 4 bridgehead atoms. The third-order valence-corrected chi connectivity index (χ3v) is 7.34. The highest BCUT2D eigenvalue weighted by Crippen LogP contribution is 2.59. The van der Waals surface area contributed by atoms with Crippen molar-refractivity contribution >= 4 is 11.7 Å². The number of nitrogens with zero attached hydrogens (tertiary/aromatic N) is 1. The van der Waals surface area contributed by atoms with Crippen molar-refractivity contribution in [2.24, 2.45) is 23.5 Å². The Morgan fingerprint density at radius 3 is 2.64 bits per heavy atom. The number of ether oxygens (including phenoxy) is 1. The summed E-state index contributed by atoms with van der Waals surface area (Å²) in [7, 11) is 0. The highest BCUT2D eigenvalue weighted by Gasteiger charge is 2.64. The van der Waals surface area contributed by atoms with Crippen LogP contribution in [0.4, 0.5) is 10.5 Å². The van der Waals surface area contributed by atoms with Gasteiger partial charge in [0.25, 0.3) is 0 Å². The number of aliphatic hydroxyl groups is 1. The second-order valence-electron chi connectivity index (χ2n) is 8.94. The van der Waals surface area contributed by atoms with Gasteiger partial charge in [0.1, 0.15) is 19.2 Å². The quantitative estimate of drug-likeness (QED) is 0.770. The van der Waals surface area contributed by atoms with E-state index >= 15 is 0 Å². The number of rotatable bonds is 1. The first-order chi connectivity index (χ1) is 11.9. The molecule has 5 aliphatic rings. The van der Waals surface area contributed by atoms with E-state index in [4.69, 9.17) is 10.5 Å². The minimum atomic E-state index is -0.504. The van der Waals surface area contributed by atoms with Gasteiger partial charge in [-0.25, -0.2) is 4.79 Å². The van der Waals surface area contributed by atoms with Crippen LogP contribution in [0.15, 0.2) is 18.2 Å². The molecule has 3 N–H and O–H groups in total. The summed E-state index contributed by atoms with van der Waals surface area (Å²) in [6, 6.07) is 6.00. The SMILES string of the molecule is Cc1ccc2c(c1)[N+](C(N)=O)(C1C3CC4CC1CC(O)(C4)C3)CCO2. The summed E-state index contributed by atoms with van der Waals surface area (Å²) >= 11 is 0. The van der Waals surface area contributed by atoms with Crippen LogP contribution in [0.5, 0.6) is 5.75 Å². The summed E-state index contributed by atoms with van der Waals surface area (Å²) in [6.07, 6.45) is 4.83. The van der Waals surface area contributed by atoms with Gasteiger partial charge in [-0.2, -0.15) is 4.48 Å². The Bertz CT molecular complexity index is 732. The molecule has 1 aromatic carbocycles. The zero-order chi connectivity index (χ0) is 17.4. The normalized spacial score (nSPS) is 44.2. The Morgan fingerprint density at radius 1 is 1.28 bits per heavy atom. The Hall–Kier alpha value is -1.59. The molecule has 1 heterocycles. The fourth-order valence-corrected chi connectivity index (χ4v) is 6.84. The molecule has 5 nitrogen and oxygen atoms in total. The van der Waals surface area contributed by atoms with Crippen LogP contribution in [0.3, 0.4) is 0 Å². The van der Waals surface area contributed by atoms with Crippen LogP contribution in [-0.2, 0) is 0 Å². The van der Waals surface area contributed by atoms with E-state index < -0.39 is 5.60 Å². The highest BCUT2D eigenvalue weighted by atomic mass is 16.5. The van der Waals surface area contributed by atoms with Crippen LogP contribution in [0.1, 0.15) is 37.7 Å². The van der Waals surface area contributed by atoms with Gasteiger partial charge in [0, 0.05) is 17.9 Å². The molecule has 3 atom stereocenters. The van der Waals surface area contributed by atoms with Crippen molar-refractivity contribution < 1.29 is 14.6 Å². The Balaban J connectivity index is 1.66. The van der Waals surface area contributed by atoms with Crippen LogP contribution < -0.4 is 15.0 Å². The number of aryl methyl sites for hydroxylation is 1. The molecule has 4 fully saturated rings. The summed E-state index contributed by atoms with van der Waals surface area (Å²) in [5.41, 5.74) is 7.65. The molecule has 6 rings (SSSR count). The van der Waals surface area contributed by atoms with Crippen molar-refractivity contribution in [1.82, 2.24) is 4.48 Å². The molecule has 25 heavy (non-hydrogen) atoms. The van der Waals surface area contributed by atoms with E-state index in [9.17, 15) is 9.90 Å². The predicted octanol–water partition coefficient (Wildman–Crippen LogP) is 2.71. The lowest BCUT2D eigenvalue weighted by Crippen LogP contribution is -2.74. The van der Waals surface area contributed by atoms with Gasteiger partial charge in [-0.1, -0.05) is 6.07 Å². The first kappa shape index (κ1) is 15.6. The number of primary amides is 1. The second kappa shape index (κ2) is 4.98. The third kappa shape index (κ3) is 2.05. The van der Waals surface area contributed by atoms with Crippen LogP contribution in [0.2, 0.25) is 0 Å². The number of carbonyl (C=O) groups excluding carboxylic acids is 1. The molecule has 1 aliphatic heterocycles. The molecule has 1 aromatic rings. The molecular weight excluding hydrogens is 316 g/mol. The molecule has 4 saturated carbocycles. The number of hydrogen-bond donors (Lipinski definition) is 2. The van der Waals surface area contributed by atoms with E-state index in [1.54, 1.807) is 0 Å². The van der Waals surface area contributed by atoms with Gasteiger partial charge in [0.15, 0.2) is 11.4 Å². The van der Waals surface area contributed by atoms with Gasteiger partial charge in [0.05, 0.1) is 5.60 Å². The maximum Gasteiger partial charge on any atom is 0.419 e. The highest BCUT2D eigenvalue weighted by molar-refractivity contribution is 5.89. The maximum absolute atomic E-state index is 12.9. The minimum Gasteiger partial charge on any atom is -0.481 e. The van der Waals surface area contributed by atoms with Gasteiger partial charge >= 0.3 is 6.03 Å². The largest absolute Gasteiger partial charge is 0.481 e. The topological polar surface area (TPSA) is 72.6 Å². The van der Waals surface area contributed by atoms with Crippen molar-refractivity contribution in [1.29, 1.82) is 0 Å². The van der Waals surface area contributed by atoms with E-state index in [1.807, 2.05) is 19.1 Å². The molecule has 2 amide bonds. The van der Waals surface area contributed by atoms with E-state index in [-0.39, 0.29) is 16.6 Å². The number of amides is 2. The van der Waals surface area contributed by atoms with Gasteiger partial charge < -0.3 is 15.6 Å².